The highest BCUT2D eigenvalue weighted by atomic mass is 19.4. The van der Waals surface area contributed by atoms with E-state index < -0.39 is 34.8 Å². The van der Waals surface area contributed by atoms with Gasteiger partial charge < -0.3 is 4.74 Å². The molecule has 3 aliphatic rings. The molecule has 11 nitrogen and oxygen atoms in total. The first-order valence-corrected chi connectivity index (χ1v) is 17.5. The number of rotatable bonds is 8. The van der Waals surface area contributed by atoms with E-state index in [1.807, 2.05) is 0 Å². The van der Waals surface area contributed by atoms with Crippen LogP contribution in [0.25, 0.3) is 0 Å². The van der Waals surface area contributed by atoms with E-state index in [0.29, 0.717) is 48.2 Å². The first-order chi connectivity index (χ1) is 24.0. The van der Waals surface area contributed by atoms with Gasteiger partial charge in [-0.05, 0) is 106 Å². The van der Waals surface area contributed by atoms with Gasteiger partial charge in [-0.2, -0.15) is 23.5 Å². The van der Waals surface area contributed by atoms with Gasteiger partial charge in [0.2, 0.25) is 0 Å². The van der Waals surface area contributed by atoms with E-state index in [-0.39, 0.29) is 42.3 Å². The van der Waals surface area contributed by atoms with Gasteiger partial charge in [-0.15, -0.1) is 0 Å². The Morgan fingerprint density at radius 2 is 1.88 bits per heavy atom. The maximum atomic E-state index is 14.7. The maximum Gasteiger partial charge on any atom is 0.416 e. The normalized spacial score (nSPS) is 22.4. The van der Waals surface area contributed by atoms with Crippen LogP contribution in [0.1, 0.15) is 105 Å². The van der Waals surface area contributed by atoms with Crippen molar-refractivity contribution in [3.8, 4) is 6.07 Å². The summed E-state index contributed by atoms with van der Waals surface area (Å²) in [7, 11) is 1.76. The Morgan fingerprint density at radius 1 is 1.14 bits per heavy atom. The van der Waals surface area contributed by atoms with Gasteiger partial charge in [0.05, 0.1) is 30.0 Å². The molecule has 272 valence electrons. The van der Waals surface area contributed by atoms with Crippen LogP contribution < -0.4 is 9.80 Å². The Kier molecular flexibility index (Phi) is 9.65. The van der Waals surface area contributed by atoms with Crippen molar-refractivity contribution in [2.75, 3.05) is 29.4 Å². The molecule has 1 saturated heterocycles. The second-order valence-electron chi connectivity index (χ2n) is 15.5. The molecule has 2 aliphatic heterocycles. The summed E-state index contributed by atoms with van der Waals surface area (Å²) in [4.78, 5) is 41.8. The number of carbonyl (C=O) groups excluding carboxylic acids is 2. The highest BCUT2D eigenvalue weighted by molar-refractivity contribution is 6.10. The van der Waals surface area contributed by atoms with E-state index in [9.17, 15) is 28.0 Å². The number of nitriles is 1. The summed E-state index contributed by atoms with van der Waals surface area (Å²) in [6, 6.07) is 8.25. The number of anilines is 2. The lowest BCUT2D eigenvalue weighted by atomic mass is 9.58. The van der Waals surface area contributed by atoms with E-state index in [1.165, 1.54) is 15.9 Å². The zero-order chi connectivity index (χ0) is 36.9. The number of alkyl halides is 3. The van der Waals surface area contributed by atoms with Crippen LogP contribution in [-0.4, -0.2) is 61.9 Å². The molecule has 0 N–H and O–H groups in total. The minimum Gasteiger partial charge on any atom is -0.443 e. The largest absolute Gasteiger partial charge is 0.443 e. The third-order valence-electron chi connectivity index (χ3n) is 9.94. The summed E-state index contributed by atoms with van der Waals surface area (Å²) in [5.41, 5.74) is -1.42. The number of hydrogen-bond acceptors (Lipinski definition) is 8. The fourth-order valence-electron chi connectivity index (χ4n) is 7.75. The van der Waals surface area contributed by atoms with Gasteiger partial charge in [0.15, 0.2) is 5.82 Å². The SMILES string of the molecule is CC1CC(c2cc(N(CCC#N)C(=O)OC(C)(C)C)nc(N3Cc4c(cc(CN5CCC[C@H](C)C5)cc4C(F)(F)F)C3=O)c2)(c2ncn(C)n2)C1. The molecule has 1 saturated carbocycles. The lowest BCUT2D eigenvalue weighted by molar-refractivity contribution is -0.138. The van der Waals surface area contributed by atoms with Crippen LogP contribution in [0.3, 0.4) is 0 Å². The van der Waals surface area contributed by atoms with E-state index >= 15 is 0 Å². The van der Waals surface area contributed by atoms with Crippen molar-refractivity contribution in [3.05, 3.63) is 64.2 Å². The third kappa shape index (κ3) is 7.45. The molecular weight excluding hydrogens is 661 g/mol. The Hall–Kier alpha value is -4.51. The summed E-state index contributed by atoms with van der Waals surface area (Å²) in [5, 5.41) is 14.1. The molecule has 2 amide bonds. The van der Waals surface area contributed by atoms with Crippen LogP contribution >= 0.6 is 0 Å². The zero-order valence-corrected chi connectivity index (χ0v) is 30.0. The average molecular weight is 707 g/mol. The number of likely N-dealkylation sites (tertiary alicyclic amines) is 1. The molecule has 0 radical (unpaired) electrons. The molecule has 0 bridgehead atoms. The van der Waals surface area contributed by atoms with Crippen molar-refractivity contribution >= 4 is 23.6 Å². The van der Waals surface area contributed by atoms with Gasteiger partial charge in [0, 0.05) is 32.2 Å². The van der Waals surface area contributed by atoms with Crippen molar-refractivity contribution < 1.29 is 27.5 Å². The van der Waals surface area contributed by atoms with E-state index in [2.05, 4.69) is 34.9 Å². The van der Waals surface area contributed by atoms with Gasteiger partial charge in [-0.1, -0.05) is 13.8 Å². The molecule has 3 aromatic rings. The van der Waals surface area contributed by atoms with E-state index in [1.54, 1.807) is 57.0 Å². The predicted molar refractivity (Wildman–Crippen MR) is 184 cm³/mol. The second-order valence-corrected chi connectivity index (χ2v) is 15.5. The van der Waals surface area contributed by atoms with Crippen molar-refractivity contribution in [1.29, 1.82) is 5.26 Å². The number of aryl methyl sites for hydroxylation is 1. The lowest BCUT2D eigenvalue weighted by Gasteiger charge is -2.45. The number of ether oxygens (including phenoxy) is 1. The van der Waals surface area contributed by atoms with Crippen LogP contribution in [-0.2, 0) is 36.5 Å². The molecule has 51 heavy (non-hydrogen) atoms. The standard InChI is InChI=1S/C37H45F3N8O3/c1-23-9-7-11-46(19-23)20-25-13-27-28(29(14-25)37(38,39)40)21-48(32(27)49)31-16-26(36(17-24(2)18-36)33-42-22-45(6)44-33)15-30(43-31)47(12-8-10-41)34(50)51-35(3,4)5/h13-16,22-24H,7-9,11-12,17-21H2,1-6H3/t23-,24?,36?/m0/s1. The van der Waals surface area contributed by atoms with E-state index in [4.69, 9.17) is 9.72 Å². The van der Waals surface area contributed by atoms with Gasteiger partial charge in [0.25, 0.3) is 5.91 Å². The molecule has 1 atom stereocenters. The number of amides is 2. The second kappa shape index (κ2) is 13.6. The van der Waals surface area contributed by atoms with Crippen molar-refractivity contribution in [3.63, 3.8) is 0 Å². The highest BCUT2D eigenvalue weighted by Gasteiger charge is 2.49. The molecule has 4 heterocycles. The summed E-state index contributed by atoms with van der Waals surface area (Å²) in [6.07, 6.45) is -0.492. The molecule has 6 rings (SSSR count). The lowest BCUT2D eigenvalue weighted by Crippen LogP contribution is -2.43. The van der Waals surface area contributed by atoms with Gasteiger partial charge in [-0.3, -0.25) is 24.2 Å². The topological polar surface area (TPSA) is 120 Å². The molecule has 1 aromatic carbocycles. The maximum absolute atomic E-state index is 14.7. The number of carbonyl (C=O) groups is 2. The Labute approximate surface area is 296 Å². The van der Waals surface area contributed by atoms with Crippen molar-refractivity contribution in [2.24, 2.45) is 18.9 Å². The number of pyridine rings is 1. The number of hydrogen-bond donors (Lipinski definition) is 0. The summed E-state index contributed by atoms with van der Waals surface area (Å²) >= 11 is 0. The molecule has 14 heteroatoms. The van der Waals surface area contributed by atoms with Crippen molar-refractivity contribution in [2.45, 2.75) is 97.0 Å². The van der Waals surface area contributed by atoms with Gasteiger partial charge in [-0.25, -0.2) is 14.8 Å². The number of fused-ring (bicyclic) bond motifs is 1. The van der Waals surface area contributed by atoms with Crippen LogP contribution in [0.15, 0.2) is 30.6 Å². The Morgan fingerprint density at radius 3 is 2.49 bits per heavy atom. The predicted octanol–water partition coefficient (Wildman–Crippen LogP) is 6.99. The minimum absolute atomic E-state index is 0.00881. The number of benzene rings is 1. The Bertz CT molecular complexity index is 1850. The van der Waals surface area contributed by atoms with Crippen LogP contribution in [0.2, 0.25) is 0 Å². The fourth-order valence-corrected chi connectivity index (χ4v) is 7.75. The van der Waals surface area contributed by atoms with Crippen LogP contribution in [0.5, 0.6) is 0 Å². The van der Waals surface area contributed by atoms with Gasteiger partial charge >= 0.3 is 12.3 Å². The highest BCUT2D eigenvalue weighted by Crippen LogP contribution is 2.52. The molecule has 2 fully saturated rings. The summed E-state index contributed by atoms with van der Waals surface area (Å²) in [5.74, 6) is 0.899. The summed E-state index contributed by atoms with van der Waals surface area (Å²) in [6.45, 7) is 10.9. The van der Waals surface area contributed by atoms with Crippen molar-refractivity contribution in [1.82, 2.24) is 24.6 Å². The Balaban J connectivity index is 1.47. The smallest absolute Gasteiger partial charge is 0.416 e. The van der Waals surface area contributed by atoms with E-state index in [0.717, 1.165) is 25.9 Å². The number of halogens is 3. The first kappa shape index (κ1) is 36.3. The van der Waals surface area contributed by atoms with Crippen LogP contribution in [0, 0.1) is 23.2 Å². The van der Waals surface area contributed by atoms with Gasteiger partial charge in [0.1, 0.15) is 23.6 Å². The fraction of sp³-hybridized carbons (Fsp3) is 0.568. The molecule has 1 aliphatic carbocycles. The molecule has 2 aromatic heterocycles. The number of piperidine rings is 1. The summed E-state index contributed by atoms with van der Waals surface area (Å²) < 4.78 is 51.3. The first-order valence-electron chi connectivity index (χ1n) is 17.5. The molecule has 0 spiro atoms. The van der Waals surface area contributed by atoms with Crippen LogP contribution in [0.4, 0.5) is 29.6 Å². The number of nitrogens with zero attached hydrogens (tertiary/aromatic N) is 8. The quantitative estimate of drug-likeness (QED) is 0.246. The number of aromatic nitrogens is 4. The average Bonchev–Trinajstić information content (AvgIpc) is 3.60. The monoisotopic (exact) mass is 706 g/mol. The molecule has 0 unspecified atom stereocenters. The third-order valence-corrected chi connectivity index (χ3v) is 9.94. The zero-order valence-electron chi connectivity index (χ0n) is 30.0. The molecular formula is C37H45F3N8O3. The minimum atomic E-state index is -4.69.